The van der Waals surface area contributed by atoms with Crippen molar-refractivity contribution in [2.24, 2.45) is 0 Å². The lowest BCUT2D eigenvalue weighted by atomic mass is 10.3. The molecule has 0 aromatic rings. The minimum Gasteiger partial charge on any atom is -0.466 e. The molecule has 0 N–H and O–H groups in total. The molecule has 0 aliphatic heterocycles. The summed E-state index contributed by atoms with van der Waals surface area (Å²) in [7, 11) is 1.37. The molecule has 0 rings (SSSR count). The van der Waals surface area contributed by atoms with E-state index in [1.807, 2.05) is 0 Å². The molecule has 2 nitrogen and oxygen atoms in total. The quantitative estimate of drug-likeness (QED) is 0.344. The lowest BCUT2D eigenvalue weighted by molar-refractivity contribution is -0.134. The highest BCUT2D eigenvalue weighted by atomic mass is 127. The van der Waals surface area contributed by atoms with E-state index in [2.05, 4.69) is 27.3 Å². The third-order valence-electron chi connectivity index (χ3n) is 1.02. The number of rotatable bonds is 4. The summed E-state index contributed by atoms with van der Waals surface area (Å²) in [6, 6.07) is 0. The third-order valence-corrected chi connectivity index (χ3v) is 2.14. The van der Waals surface area contributed by atoms with Crippen molar-refractivity contribution in [1.29, 1.82) is 0 Å². The van der Waals surface area contributed by atoms with Crippen LogP contribution < -0.4 is 0 Å². The van der Waals surface area contributed by atoms with Crippen molar-refractivity contribution in [3.8, 4) is 0 Å². The number of carbonyl (C=O) groups excluding carboxylic acids is 1. The van der Waals surface area contributed by atoms with Crippen molar-refractivity contribution in [3.05, 3.63) is 9.66 Å². The van der Waals surface area contributed by atoms with Crippen molar-refractivity contribution in [1.82, 2.24) is 0 Å². The Bertz CT molecular complexity index is 157. The Morgan fingerprint density at radius 1 is 1.73 bits per heavy atom. The Morgan fingerprint density at radius 2 is 2.36 bits per heavy atom. The number of esters is 1. The molecule has 0 aliphatic rings. The van der Waals surface area contributed by atoms with Crippen LogP contribution in [-0.2, 0) is 9.53 Å². The minimum atomic E-state index is -0.302. The second-order valence-electron chi connectivity index (χ2n) is 1.91. The van der Waals surface area contributed by atoms with Crippen LogP contribution in [0.15, 0.2) is 9.66 Å². The molecule has 0 radical (unpaired) electrons. The maximum atomic E-state index is 10.6. The molecule has 0 saturated carbocycles. The van der Waals surface area contributed by atoms with E-state index < -0.39 is 0 Å². The molecule has 0 fully saturated rings. The fourth-order valence-corrected chi connectivity index (χ4v) is 1.26. The van der Waals surface area contributed by atoms with Gasteiger partial charge in [-0.25, -0.2) is 4.79 Å². The average Bonchev–Trinajstić information content (AvgIpc) is 2.00. The van der Waals surface area contributed by atoms with E-state index >= 15 is 0 Å². The van der Waals surface area contributed by atoms with E-state index in [1.54, 1.807) is 0 Å². The third kappa shape index (κ3) is 6.62. The van der Waals surface area contributed by atoms with Crippen molar-refractivity contribution >= 4 is 40.2 Å². The maximum absolute atomic E-state index is 10.6. The standard InChI is InChI=1S/C7H10ClIO2/c1-11-7(10)5-6(9)3-2-4-8/h5H,2-4H2,1H3/b6-5+. The highest BCUT2D eigenvalue weighted by molar-refractivity contribution is 14.1. The summed E-state index contributed by atoms with van der Waals surface area (Å²) in [5.41, 5.74) is 0. The second-order valence-corrected chi connectivity index (χ2v) is 3.67. The summed E-state index contributed by atoms with van der Waals surface area (Å²) in [4.78, 5) is 10.6. The Hall–Kier alpha value is 0.230. The molecular formula is C7H10ClIO2. The molecule has 0 aromatic carbocycles. The zero-order valence-corrected chi connectivity index (χ0v) is 9.18. The fraction of sp³-hybridized carbons (Fsp3) is 0.571. The Morgan fingerprint density at radius 3 is 2.82 bits per heavy atom. The molecular weight excluding hydrogens is 278 g/mol. The smallest absolute Gasteiger partial charge is 0.331 e. The molecule has 0 bridgehead atoms. The summed E-state index contributed by atoms with van der Waals surface area (Å²) in [5, 5.41) is 0. The molecule has 0 aromatic heterocycles. The van der Waals surface area contributed by atoms with Crippen LogP contribution in [0, 0.1) is 0 Å². The molecule has 11 heavy (non-hydrogen) atoms. The predicted octanol–water partition coefficient (Wildman–Crippen LogP) is 2.50. The zero-order valence-electron chi connectivity index (χ0n) is 6.27. The molecule has 0 spiro atoms. The number of carbonyl (C=O) groups is 1. The van der Waals surface area contributed by atoms with E-state index in [-0.39, 0.29) is 5.97 Å². The van der Waals surface area contributed by atoms with Crippen LogP contribution >= 0.6 is 34.2 Å². The number of hydrogen-bond acceptors (Lipinski definition) is 2. The van der Waals surface area contributed by atoms with Gasteiger partial charge in [-0.2, -0.15) is 0 Å². The molecule has 64 valence electrons. The van der Waals surface area contributed by atoms with Crippen LogP contribution in [0.25, 0.3) is 0 Å². The molecule has 0 heterocycles. The van der Waals surface area contributed by atoms with Gasteiger partial charge >= 0.3 is 5.97 Å². The molecule has 0 amide bonds. The number of alkyl halides is 1. The van der Waals surface area contributed by atoms with Gasteiger partial charge in [-0.05, 0) is 39.0 Å². The van der Waals surface area contributed by atoms with Gasteiger partial charge in [0.1, 0.15) is 0 Å². The highest BCUT2D eigenvalue weighted by Crippen LogP contribution is 2.13. The van der Waals surface area contributed by atoms with Gasteiger partial charge in [0, 0.05) is 12.0 Å². The normalized spacial score (nSPS) is 11.4. The summed E-state index contributed by atoms with van der Waals surface area (Å²) in [6.07, 6.45) is 3.22. The summed E-state index contributed by atoms with van der Waals surface area (Å²) >= 11 is 7.57. The maximum Gasteiger partial charge on any atom is 0.331 e. The monoisotopic (exact) mass is 288 g/mol. The summed E-state index contributed by atoms with van der Waals surface area (Å²) < 4.78 is 5.43. The molecule has 0 aliphatic carbocycles. The fourth-order valence-electron chi connectivity index (χ4n) is 0.495. The topological polar surface area (TPSA) is 26.3 Å². The van der Waals surface area contributed by atoms with Gasteiger partial charge in [-0.15, -0.1) is 11.6 Å². The minimum absolute atomic E-state index is 0.302. The number of methoxy groups -OCH3 is 1. The van der Waals surface area contributed by atoms with Crippen LogP contribution in [0.5, 0.6) is 0 Å². The molecule has 0 unspecified atom stereocenters. The van der Waals surface area contributed by atoms with Gasteiger partial charge in [0.05, 0.1) is 7.11 Å². The van der Waals surface area contributed by atoms with Crippen molar-refractivity contribution in [3.63, 3.8) is 0 Å². The van der Waals surface area contributed by atoms with Gasteiger partial charge in [0.25, 0.3) is 0 Å². The first-order chi connectivity index (χ1) is 5.20. The van der Waals surface area contributed by atoms with Gasteiger partial charge in [0.15, 0.2) is 0 Å². The summed E-state index contributed by atoms with van der Waals surface area (Å²) in [6.45, 7) is 0. The Balaban J connectivity index is 3.70. The zero-order chi connectivity index (χ0) is 8.69. The molecule has 0 atom stereocenters. The van der Waals surface area contributed by atoms with Crippen LogP contribution in [0.4, 0.5) is 0 Å². The molecule has 0 saturated heterocycles. The number of hydrogen-bond donors (Lipinski definition) is 0. The van der Waals surface area contributed by atoms with Crippen LogP contribution in [0.1, 0.15) is 12.8 Å². The van der Waals surface area contributed by atoms with E-state index in [1.165, 1.54) is 13.2 Å². The van der Waals surface area contributed by atoms with Crippen LogP contribution in [-0.4, -0.2) is 19.0 Å². The summed E-state index contributed by atoms with van der Waals surface area (Å²) in [5.74, 6) is 0.325. The van der Waals surface area contributed by atoms with Crippen molar-refractivity contribution in [2.75, 3.05) is 13.0 Å². The van der Waals surface area contributed by atoms with Crippen LogP contribution in [0.2, 0.25) is 0 Å². The van der Waals surface area contributed by atoms with E-state index in [0.717, 1.165) is 16.4 Å². The van der Waals surface area contributed by atoms with Gasteiger partial charge in [-0.1, -0.05) is 0 Å². The lowest BCUT2D eigenvalue weighted by Crippen LogP contribution is -1.95. The van der Waals surface area contributed by atoms with Crippen molar-refractivity contribution < 1.29 is 9.53 Å². The van der Waals surface area contributed by atoms with Gasteiger partial charge in [0.2, 0.25) is 0 Å². The predicted molar refractivity (Wildman–Crippen MR) is 54.1 cm³/mol. The van der Waals surface area contributed by atoms with E-state index in [9.17, 15) is 4.79 Å². The van der Waals surface area contributed by atoms with Crippen molar-refractivity contribution in [2.45, 2.75) is 12.8 Å². The van der Waals surface area contributed by atoms with Crippen LogP contribution in [0.3, 0.4) is 0 Å². The number of ether oxygens (including phenoxy) is 1. The SMILES string of the molecule is COC(=O)/C=C(/I)CCCCl. The van der Waals surface area contributed by atoms with Gasteiger partial charge in [-0.3, -0.25) is 0 Å². The Kier molecular flexibility index (Phi) is 7.06. The second kappa shape index (κ2) is 6.91. The first kappa shape index (κ1) is 11.2. The molecule has 4 heteroatoms. The highest BCUT2D eigenvalue weighted by Gasteiger charge is 1.97. The van der Waals surface area contributed by atoms with E-state index in [4.69, 9.17) is 11.6 Å². The van der Waals surface area contributed by atoms with Gasteiger partial charge < -0.3 is 4.74 Å². The largest absolute Gasteiger partial charge is 0.466 e. The number of halogens is 2. The Labute approximate surface area is 85.1 Å². The first-order valence-electron chi connectivity index (χ1n) is 3.20. The van der Waals surface area contributed by atoms with E-state index in [0.29, 0.717) is 5.88 Å². The number of allylic oxidation sites excluding steroid dienone is 1. The first-order valence-corrected chi connectivity index (χ1v) is 4.82. The lowest BCUT2D eigenvalue weighted by Gasteiger charge is -1.95. The average molecular weight is 289 g/mol.